The third kappa shape index (κ3) is 2.09. The highest BCUT2D eigenvalue weighted by Gasteiger charge is 2.37. The van der Waals surface area contributed by atoms with Crippen molar-refractivity contribution in [1.82, 2.24) is 19.6 Å². The van der Waals surface area contributed by atoms with Crippen LogP contribution in [-0.2, 0) is 16.1 Å². The van der Waals surface area contributed by atoms with Gasteiger partial charge in [0.1, 0.15) is 6.04 Å². The van der Waals surface area contributed by atoms with Gasteiger partial charge in [-0.2, -0.15) is 5.10 Å². The number of hydrogen-bond acceptors (Lipinski definition) is 3. The van der Waals surface area contributed by atoms with Gasteiger partial charge in [-0.15, -0.1) is 0 Å². The molecular weight excluding hydrogens is 256 g/mol. The zero-order valence-electron chi connectivity index (χ0n) is 12.0. The molecule has 6 nitrogen and oxygen atoms in total. The molecular formula is C14H20N4O2. The number of nitrogens with zero attached hydrogens (tertiary/aromatic N) is 4. The zero-order valence-corrected chi connectivity index (χ0v) is 12.0. The third-order valence-electron chi connectivity index (χ3n) is 4.29. The Kier molecular flexibility index (Phi) is 3.23. The highest BCUT2D eigenvalue weighted by atomic mass is 16.2. The molecule has 1 aromatic rings. The number of likely N-dealkylation sites (N-methyl/N-ethyl adjacent to an activating group) is 1. The monoisotopic (exact) mass is 276 g/mol. The first kappa shape index (κ1) is 13.1. The van der Waals surface area contributed by atoms with Crippen LogP contribution in [0.1, 0.15) is 31.0 Å². The summed E-state index contributed by atoms with van der Waals surface area (Å²) >= 11 is 0. The summed E-state index contributed by atoms with van der Waals surface area (Å²) in [6.07, 6.45) is 4.81. The molecule has 2 amide bonds. The van der Waals surface area contributed by atoms with E-state index >= 15 is 0 Å². The minimum absolute atomic E-state index is 0.0129. The second-order valence-corrected chi connectivity index (χ2v) is 5.86. The Morgan fingerprint density at radius 3 is 2.70 bits per heavy atom. The van der Waals surface area contributed by atoms with Crippen molar-refractivity contribution >= 4 is 11.8 Å². The van der Waals surface area contributed by atoms with Gasteiger partial charge >= 0.3 is 0 Å². The first-order valence-electron chi connectivity index (χ1n) is 7.10. The van der Waals surface area contributed by atoms with Crippen molar-refractivity contribution in [2.24, 2.45) is 5.92 Å². The number of amides is 2. The quantitative estimate of drug-likeness (QED) is 0.797. The summed E-state index contributed by atoms with van der Waals surface area (Å²) < 4.78 is 1.76. The van der Waals surface area contributed by atoms with Gasteiger partial charge < -0.3 is 9.80 Å². The lowest BCUT2D eigenvalue weighted by Gasteiger charge is -2.37. The van der Waals surface area contributed by atoms with E-state index in [-0.39, 0.29) is 17.7 Å². The van der Waals surface area contributed by atoms with Crippen LogP contribution < -0.4 is 0 Å². The number of fused-ring (bicyclic) bond motifs is 1. The van der Waals surface area contributed by atoms with E-state index in [1.54, 1.807) is 29.9 Å². The Hall–Kier alpha value is -1.85. The summed E-state index contributed by atoms with van der Waals surface area (Å²) in [6.45, 7) is 0.994. The second kappa shape index (κ2) is 4.92. The largest absolute Gasteiger partial charge is 0.347 e. The van der Waals surface area contributed by atoms with Crippen molar-refractivity contribution in [2.75, 3.05) is 20.6 Å². The van der Waals surface area contributed by atoms with Crippen molar-refractivity contribution in [2.45, 2.75) is 31.8 Å². The fraction of sp³-hybridized carbons (Fsp3) is 0.643. The van der Waals surface area contributed by atoms with Crippen LogP contribution in [0.4, 0.5) is 0 Å². The van der Waals surface area contributed by atoms with Gasteiger partial charge in [-0.25, -0.2) is 0 Å². The molecule has 3 rings (SSSR count). The second-order valence-electron chi connectivity index (χ2n) is 5.86. The smallest absolute Gasteiger partial charge is 0.248 e. The average Bonchev–Trinajstić information content (AvgIpc) is 2.82. The SMILES string of the molecule is CN(C)C(=O)C1CN(C(=O)C2CCC2)Cc2ccnn21. The molecule has 0 saturated heterocycles. The summed E-state index contributed by atoms with van der Waals surface area (Å²) in [4.78, 5) is 28.1. The van der Waals surface area contributed by atoms with E-state index in [2.05, 4.69) is 5.10 Å². The van der Waals surface area contributed by atoms with Crippen LogP contribution in [-0.4, -0.2) is 52.0 Å². The molecule has 1 fully saturated rings. The first-order valence-corrected chi connectivity index (χ1v) is 7.10. The predicted molar refractivity (Wildman–Crippen MR) is 72.7 cm³/mol. The fourth-order valence-electron chi connectivity index (χ4n) is 2.86. The van der Waals surface area contributed by atoms with Crippen molar-refractivity contribution in [3.8, 4) is 0 Å². The van der Waals surface area contributed by atoms with Crippen molar-refractivity contribution in [3.05, 3.63) is 18.0 Å². The molecule has 6 heteroatoms. The highest BCUT2D eigenvalue weighted by molar-refractivity contribution is 5.83. The molecule has 108 valence electrons. The molecule has 0 spiro atoms. The molecule has 0 radical (unpaired) electrons. The zero-order chi connectivity index (χ0) is 14.3. The number of hydrogen-bond donors (Lipinski definition) is 0. The standard InChI is InChI=1S/C14H20N4O2/c1-16(2)14(20)12-9-17(13(19)10-4-3-5-10)8-11-6-7-15-18(11)12/h6-7,10,12H,3-5,8-9H2,1-2H3. The van der Waals surface area contributed by atoms with Gasteiger partial charge in [-0.3, -0.25) is 14.3 Å². The summed E-state index contributed by atoms with van der Waals surface area (Å²) in [7, 11) is 3.47. The summed E-state index contributed by atoms with van der Waals surface area (Å²) in [5.74, 6) is 0.348. The van der Waals surface area contributed by atoms with Gasteiger partial charge in [0, 0.05) is 26.2 Å². The van der Waals surface area contributed by atoms with E-state index < -0.39 is 6.04 Å². The fourth-order valence-corrected chi connectivity index (χ4v) is 2.86. The normalized spacial score (nSPS) is 22.1. The molecule has 2 aliphatic rings. The van der Waals surface area contributed by atoms with Gasteiger partial charge in [0.05, 0.1) is 18.8 Å². The van der Waals surface area contributed by atoms with Crippen LogP contribution in [0.15, 0.2) is 12.3 Å². The molecule has 0 aromatic carbocycles. The molecule has 1 aromatic heterocycles. The number of carbonyl (C=O) groups is 2. The molecule has 1 aliphatic carbocycles. The molecule has 20 heavy (non-hydrogen) atoms. The lowest BCUT2D eigenvalue weighted by Crippen LogP contribution is -2.49. The lowest BCUT2D eigenvalue weighted by atomic mass is 9.84. The van der Waals surface area contributed by atoms with E-state index in [4.69, 9.17) is 0 Å². The highest BCUT2D eigenvalue weighted by Crippen LogP contribution is 2.31. The molecule has 0 N–H and O–H groups in total. The molecule has 1 unspecified atom stereocenters. The lowest BCUT2D eigenvalue weighted by molar-refractivity contribution is -0.143. The molecule has 2 heterocycles. The maximum atomic E-state index is 12.4. The van der Waals surface area contributed by atoms with E-state index in [0.717, 1.165) is 25.0 Å². The average molecular weight is 276 g/mol. The number of carbonyl (C=O) groups excluding carboxylic acids is 2. The number of rotatable bonds is 2. The maximum Gasteiger partial charge on any atom is 0.248 e. The topological polar surface area (TPSA) is 58.4 Å². The minimum atomic E-state index is -0.396. The van der Waals surface area contributed by atoms with E-state index in [1.807, 2.05) is 11.0 Å². The molecule has 1 saturated carbocycles. The summed E-state index contributed by atoms with van der Waals surface area (Å²) in [5, 5.41) is 4.25. The van der Waals surface area contributed by atoms with E-state index in [1.165, 1.54) is 0 Å². The van der Waals surface area contributed by atoms with Gasteiger partial charge in [0.2, 0.25) is 11.8 Å². The number of aromatic nitrogens is 2. The Bertz CT molecular complexity index is 533. The van der Waals surface area contributed by atoms with Crippen LogP contribution in [0.25, 0.3) is 0 Å². The molecule has 0 bridgehead atoms. The van der Waals surface area contributed by atoms with Crippen molar-refractivity contribution in [3.63, 3.8) is 0 Å². The van der Waals surface area contributed by atoms with Crippen LogP contribution in [0.5, 0.6) is 0 Å². The van der Waals surface area contributed by atoms with Gasteiger partial charge in [-0.1, -0.05) is 6.42 Å². The van der Waals surface area contributed by atoms with Crippen molar-refractivity contribution in [1.29, 1.82) is 0 Å². The van der Waals surface area contributed by atoms with E-state index in [0.29, 0.717) is 13.1 Å². The van der Waals surface area contributed by atoms with Crippen molar-refractivity contribution < 1.29 is 9.59 Å². The Morgan fingerprint density at radius 2 is 2.10 bits per heavy atom. The van der Waals surface area contributed by atoms with Crippen LogP contribution in [0.2, 0.25) is 0 Å². The van der Waals surface area contributed by atoms with Gasteiger partial charge in [0.15, 0.2) is 0 Å². The van der Waals surface area contributed by atoms with E-state index in [9.17, 15) is 9.59 Å². The van der Waals surface area contributed by atoms with Gasteiger partial charge in [0.25, 0.3) is 0 Å². The van der Waals surface area contributed by atoms with Crippen LogP contribution in [0, 0.1) is 5.92 Å². The molecule has 1 aliphatic heterocycles. The first-order chi connectivity index (χ1) is 9.58. The van der Waals surface area contributed by atoms with Crippen LogP contribution in [0.3, 0.4) is 0 Å². The Labute approximate surface area is 118 Å². The predicted octanol–water partition coefficient (Wildman–Crippen LogP) is 0.655. The van der Waals surface area contributed by atoms with Gasteiger partial charge in [-0.05, 0) is 18.9 Å². The Balaban J connectivity index is 1.84. The van der Waals surface area contributed by atoms with Crippen LogP contribution >= 0.6 is 0 Å². The molecule has 1 atom stereocenters. The minimum Gasteiger partial charge on any atom is -0.347 e. The Morgan fingerprint density at radius 1 is 1.35 bits per heavy atom. The summed E-state index contributed by atoms with van der Waals surface area (Å²) in [5.41, 5.74) is 0.934. The summed E-state index contributed by atoms with van der Waals surface area (Å²) in [6, 6.07) is 1.49. The maximum absolute atomic E-state index is 12.4. The third-order valence-corrected chi connectivity index (χ3v) is 4.29.